The Kier molecular flexibility index (Phi) is 9.33. The van der Waals surface area contributed by atoms with E-state index >= 15 is 0 Å². The zero-order valence-corrected chi connectivity index (χ0v) is 22.7. The Hall–Kier alpha value is -4.74. The van der Waals surface area contributed by atoms with Crippen LogP contribution in [0.4, 0.5) is 4.39 Å². The molecular weight excluding hydrogens is 533 g/mol. The second-order valence-corrected chi connectivity index (χ2v) is 9.94. The highest BCUT2D eigenvalue weighted by Gasteiger charge is 2.18. The summed E-state index contributed by atoms with van der Waals surface area (Å²) in [7, 11) is 0. The van der Waals surface area contributed by atoms with Gasteiger partial charge in [-0.25, -0.2) is 9.18 Å². The van der Waals surface area contributed by atoms with E-state index in [0.717, 1.165) is 10.1 Å². The molecule has 2 aromatic carbocycles. The van der Waals surface area contributed by atoms with Crippen LogP contribution in [-0.4, -0.2) is 63.5 Å². The van der Waals surface area contributed by atoms with Crippen molar-refractivity contribution in [2.75, 3.05) is 26.2 Å². The fourth-order valence-electron chi connectivity index (χ4n) is 4.61. The van der Waals surface area contributed by atoms with E-state index in [2.05, 4.69) is 15.6 Å². The number of nitrogens with one attached hydrogen (secondary N) is 3. The van der Waals surface area contributed by atoms with Gasteiger partial charge in [-0.05, 0) is 62.1 Å². The first kappa shape index (κ1) is 29.2. The Morgan fingerprint density at radius 1 is 0.951 bits per heavy atom. The van der Waals surface area contributed by atoms with Gasteiger partial charge in [0, 0.05) is 61.1 Å². The Balaban J connectivity index is 1.53. The van der Waals surface area contributed by atoms with Crippen molar-refractivity contribution in [1.29, 1.82) is 0 Å². The molecule has 11 nitrogen and oxygen atoms in total. The standard InChI is InChI=1S/C29H32FN5O6/c1-18-16-35(29(41)33-27(18)39)17-26(38)34-12-2-4-25(37)31-11-9-19-5-8-24(36)22(14-19)21-15-20(6-7-23(21)30)28(40)32-10-3-13-34/h5-8,14-16,36H,2-4,9-13,17H2,1H3,(H,31,37)(H,32,40)(H,33,39,41). The van der Waals surface area contributed by atoms with Gasteiger partial charge in [0.25, 0.3) is 11.5 Å². The molecule has 0 unspecified atom stereocenters. The molecule has 4 N–H and O–H groups in total. The molecule has 0 spiro atoms. The molecule has 1 aliphatic heterocycles. The van der Waals surface area contributed by atoms with E-state index in [-0.39, 0.29) is 72.4 Å². The highest BCUT2D eigenvalue weighted by Crippen LogP contribution is 2.33. The summed E-state index contributed by atoms with van der Waals surface area (Å²) >= 11 is 0. The van der Waals surface area contributed by atoms with Gasteiger partial charge in [-0.1, -0.05) is 6.07 Å². The monoisotopic (exact) mass is 565 g/mol. The zero-order chi connectivity index (χ0) is 29.5. The lowest BCUT2D eigenvalue weighted by Gasteiger charge is -2.23. The van der Waals surface area contributed by atoms with Crippen molar-refractivity contribution in [2.24, 2.45) is 0 Å². The van der Waals surface area contributed by atoms with Crippen molar-refractivity contribution in [3.8, 4) is 16.9 Å². The number of aryl methyl sites for hydroxylation is 1. The van der Waals surface area contributed by atoms with Gasteiger partial charge in [-0.2, -0.15) is 0 Å². The third-order valence-electron chi connectivity index (χ3n) is 6.89. The van der Waals surface area contributed by atoms with Crippen LogP contribution < -0.4 is 21.9 Å². The van der Waals surface area contributed by atoms with Crippen LogP contribution in [0.5, 0.6) is 5.75 Å². The molecule has 1 aliphatic rings. The lowest BCUT2D eigenvalue weighted by molar-refractivity contribution is -0.132. The summed E-state index contributed by atoms with van der Waals surface area (Å²) in [5.74, 6) is -1.75. The Labute approximate surface area is 235 Å². The molecule has 216 valence electrons. The largest absolute Gasteiger partial charge is 0.507 e. The molecular formula is C29H32FN5O6. The van der Waals surface area contributed by atoms with Crippen molar-refractivity contribution in [2.45, 2.75) is 39.2 Å². The zero-order valence-electron chi connectivity index (χ0n) is 22.7. The highest BCUT2D eigenvalue weighted by atomic mass is 19.1. The van der Waals surface area contributed by atoms with Gasteiger partial charge in [0.1, 0.15) is 18.1 Å². The third kappa shape index (κ3) is 7.47. The maximum atomic E-state index is 14.8. The summed E-state index contributed by atoms with van der Waals surface area (Å²) in [6.07, 6.45) is 2.66. The number of hydrogen-bond donors (Lipinski definition) is 4. The Bertz CT molecular complexity index is 1580. The third-order valence-corrected chi connectivity index (χ3v) is 6.89. The van der Waals surface area contributed by atoms with E-state index in [1.165, 1.54) is 42.3 Å². The molecule has 12 heteroatoms. The lowest BCUT2D eigenvalue weighted by atomic mass is 9.98. The number of aromatic hydroxyl groups is 1. The van der Waals surface area contributed by atoms with Crippen LogP contribution in [0.15, 0.2) is 52.2 Å². The number of aromatic amines is 1. The van der Waals surface area contributed by atoms with Gasteiger partial charge in [0.15, 0.2) is 0 Å². The first-order valence-corrected chi connectivity index (χ1v) is 13.4. The van der Waals surface area contributed by atoms with Crippen molar-refractivity contribution < 1.29 is 23.9 Å². The second-order valence-electron chi connectivity index (χ2n) is 9.94. The molecule has 4 bridgehead atoms. The molecule has 0 saturated heterocycles. The number of fused-ring (bicyclic) bond motifs is 5. The molecule has 2 heterocycles. The number of aromatic nitrogens is 2. The predicted molar refractivity (Wildman–Crippen MR) is 149 cm³/mol. The summed E-state index contributed by atoms with van der Waals surface area (Å²) in [5.41, 5.74) is 0.346. The van der Waals surface area contributed by atoms with Gasteiger partial charge < -0.3 is 20.6 Å². The van der Waals surface area contributed by atoms with Crippen LogP contribution in [-0.2, 0) is 22.6 Å². The number of halogens is 1. The fourth-order valence-corrected chi connectivity index (χ4v) is 4.61. The number of phenols is 1. The van der Waals surface area contributed by atoms with E-state index in [1.807, 2.05) is 0 Å². The summed E-state index contributed by atoms with van der Waals surface area (Å²) < 4.78 is 15.9. The number of amides is 3. The summed E-state index contributed by atoms with van der Waals surface area (Å²) in [5, 5.41) is 16.0. The van der Waals surface area contributed by atoms with Gasteiger partial charge in [0.05, 0.1) is 0 Å². The molecule has 41 heavy (non-hydrogen) atoms. The SMILES string of the molecule is Cc1cn(CC(=O)N2CCCNC(=O)c3ccc(F)c(c3)-c3cc(ccc3O)CCNC(=O)CCC2)c(=O)[nH]c1=O. The number of nitrogens with zero attached hydrogens (tertiary/aromatic N) is 2. The van der Waals surface area contributed by atoms with Crippen LogP contribution >= 0.6 is 0 Å². The van der Waals surface area contributed by atoms with E-state index in [4.69, 9.17) is 0 Å². The molecule has 3 amide bonds. The molecule has 0 radical (unpaired) electrons. The highest BCUT2D eigenvalue weighted by molar-refractivity contribution is 5.95. The van der Waals surface area contributed by atoms with Crippen LogP contribution in [0.2, 0.25) is 0 Å². The lowest BCUT2D eigenvalue weighted by Crippen LogP contribution is -2.40. The molecule has 3 aromatic rings. The van der Waals surface area contributed by atoms with Gasteiger partial charge in [-0.15, -0.1) is 0 Å². The number of H-pyrrole nitrogens is 1. The van der Waals surface area contributed by atoms with Crippen LogP contribution in [0.3, 0.4) is 0 Å². The number of benzene rings is 2. The average molecular weight is 566 g/mol. The van der Waals surface area contributed by atoms with E-state index in [1.54, 1.807) is 12.1 Å². The molecule has 4 rings (SSSR count). The quantitative estimate of drug-likeness (QED) is 0.369. The van der Waals surface area contributed by atoms with E-state index < -0.39 is 23.0 Å². The smallest absolute Gasteiger partial charge is 0.328 e. The molecule has 0 saturated carbocycles. The van der Waals surface area contributed by atoms with Crippen molar-refractivity contribution >= 4 is 17.7 Å². The average Bonchev–Trinajstić information content (AvgIpc) is 2.93. The van der Waals surface area contributed by atoms with E-state index in [0.29, 0.717) is 25.8 Å². The molecule has 0 fully saturated rings. The molecule has 0 atom stereocenters. The minimum absolute atomic E-state index is 0.0726. The summed E-state index contributed by atoms with van der Waals surface area (Å²) in [6.45, 7) is 2.24. The first-order valence-electron chi connectivity index (χ1n) is 13.4. The number of rotatable bonds is 2. The van der Waals surface area contributed by atoms with Crippen molar-refractivity contribution in [3.05, 3.63) is 85.9 Å². The fraction of sp³-hybridized carbons (Fsp3) is 0.345. The Morgan fingerprint density at radius 3 is 2.54 bits per heavy atom. The normalized spacial score (nSPS) is 15.2. The minimum Gasteiger partial charge on any atom is -0.507 e. The number of hydrogen-bond acceptors (Lipinski definition) is 6. The maximum absolute atomic E-state index is 14.8. The molecule has 1 aromatic heterocycles. The number of phenolic OH excluding ortho intramolecular Hbond substituents is 1. The van der Waals surface area contributed by atoms with E-state index in [9.17, 15) is 33.5 Å². The maximum Gasteiger partial charge on any atom is 0.328 e. The topological polar surface area (TPSA) is 154 Å². The van der Waals surface area contributed by atoms with Crippen LogP contribution in [0.1, 0.15) is 40.7 Å². The van der Waals surface area contributed by atoms with Crippen LogP contribution in [0.25, 0.3) is 11.1 Å². The predicted octanol–water partition coefficient (Wildman–Crippen LogP) is 1.46. The van der Waals surface area contributed by atoms with Crippen molar-refractivity contribution in [3.63, 3.8) is 0 Å². The van der Waals surface area contributed by atoms with Crippen molar-refractivity contribution in [1.82, 2.24) is 25.1 Å². The second kappa shape index (κ2) is 13.1. The number of carbonyl (C=O) groups excluding carboxylic acids is 3. The Morgan fingerprint density at radius 2 is 1.73 bits per heavy atom. The van der Waals surface area contributed by atoms with Gasteiger partial charge >= 0.3 is 5.69 Å². The van der Waals surface area contributed by atoms with Crippen LogP contribution in [0, 0.1) is 12.7 Å². The summed E-state index contributed by atoms with van der Waals surface area (Å²) in [4.78, 5) is 65.9. The minimum atomic E-state index is -0.699. The summed E-state index contributed by atoms with van der Waals surface area (Å²) in [6, 6.07) is 8.66. The number of carbonyl (C=O) groups is 3. The first-order chi connectivity index (χ1) is 19.6. The van der Waals surface area contributed by atoms with Gasteiger partial charge in [-0.3, -0.25) is 28.7 Å². The van der Waals surface area contributed by atoms with Gasteiger partial charge in [0.2, 0.25) is 11.8 Å². The molecule has 0 aliphatic carbocycles.